The van der Waals surface area contributed by atoms with E-state index in [1.54, 1.807) is 48.5 Å². The Morgan fingerprint density at radius 1 is 1.17 bits per heavy atom. The summed E-state index contributed by atoms with van der Waals surface area (Å²) >= 11 is 5.84. The van der Waals surface area contributed by atoms with Gasteiger partial charge in [-0.15, -0.1) is 0 Å². The maximum absolute atomic E-state index is 12.6. The molecular weight excluding hydrogens is 328 g/mol. The fraction of sp³-hybridized carbons (Fsp3) is 0.167. The van der Waals surface area contributed by atoms with E-state index in [9.17, 15) is 14.4 Å². The molecule has 1 fully saturated rings. The Balaban J connectivity index is 1.82. The number of nitrogens with one attached hydrogen (secondary N) is 1. The van der Waals surface area contributed by atoms with Crippen molar-refractivity contribution in [3.05, 3.63) is 59.1 Å². The third-order valence-corrected chi connectivity index (χ3v) is 4.09. The highest BCUT2D eigenvalue weighted by molar-refractivity contribution is 6.30. The molecule has 0 bridgehead atoms. The van der Waals surface area contributed by atoms with Crippen LogP contribution in [-0.4, -0.2) is 23.6 Å². The van der Waals surface area contributed by atoms with Crippen LogP contribution in [0, 0.1) is 0 Å². The number of rotatable bonds is 4. The third kappa shape index (κ3) is 3.16. The van der Waals surface area contributed by atoms with Crippen molar-refractivity contribution >= 4 is 40.6 Å². The molecule has 2 amide bonds. The van der Waals surface area contributed by atoms with Gasteiger partial charge in [0, 0.05) is 16.3 Å². The molecule has 1 atom stereocenters. The summed E-state index contributed by atoms with van der Waals surface area (Å²) in [6.07, 6.45) is 0.0613. The Kier molecular flexibility index (Phi) is 4.36. The van der Waals surface area contributed by atoms with Crippen LogP contribution >= 0.6 is 11.6 Å². The third-order valence-electron chi connectivity index (χ3n) is 3.84. The highest BCUT2D eigenvalue weighted by atomic mass is 35.5. The van der Waals surface area contributed by atoms with E-state index in [0.717, 1.165) is 4.90 Å². The number of anilines is 2. The number of imide groups is 1. The average Bonchev–Trinajstić information content (AvgIpc) is 2.83. The Hall–Kier alpha value is -2.66. The standard InChI is InChI=1S/C18H15ClN2O3/c1-11(22)12-3-2-4-15(9-12)21-17(23)10-16(18(21)24)20-14-7-5-13(19)6-8-14/h2-9,16,20H,10H2,1H3/t16-/m0/s1. The van der Waals surface area contributed by atoms with Gasteiger partial charge in [-0.25, -0.2) is 4.90 Å². The van der Waals surface area contributed by atoms with Crippen molar-refractivity contribution < 1.29 is 14.4 Å². The molecule has 2 aromatic rings. The monoisotopic (exact) mass is 342 g/mol. The van der Waals surface area contributed by atoms with Gasteiger partial charge in [0.25, 0.3) is 5.91 Å². The summed E-state index contributed by atoms with van der Waals surface area (Å²) in [6, 6.07) is 12.8. The van der Waals surface area contributed by atoms with Gasteiger partial charge in [0.15, 0.2) is 5.78 Å². The molecule has 0 saturated carbocycles. The number of nitrogens with zero attached hydrogens (tertiary/aromatic N) is 1. The highest BCUT2D eigenvalue weighted by Crippen LogP contribution is 2.26. The number of carbonyl (C=O) groups excluding carboxylic acids is 3. The molecular formula is C18H15ClN2O3. The van der Waals surface area contributed by atoms with Crippen LogP contribution < -0.4 is 10.2 Å². The van der Waals surface area contributed by atoms with Crippen molar-refractivity contribution in [2.45, 2.75) is 19.4 Å². The minimum Gasteiger partial charge on any atom is -0.373 e. The van der Waals surface area contributed by atoms with E-state index in [0.29, 0.717) is 22.0 Å². The molecule has 1 heterocycles. The minimum absolute atomic E-state index is 0.0613. The molecule has 1 N–H and O–H groups in total. The molecule has 1 saturated heterocycles. The first-order chi connectivity index (χ1) is 11.5. The second kappa shape index (κ2) is 6.45. The largest absolute Gasteiger partial charge is 0.373 e. The zero-order valence-corrected chi connectivity index (χ0v) is 13.7. The van der Waals surface area contributed by atoms with Crippen molar-refractivity contribution in [2.24, 2.45) is 0 Å². The van der Waals surface area contributed by atoms with Crippen molar-refractivity contribution in [2.75, 3.05) is 10.2 Å². The van der Waals surface area contributed by atoms with Gasteiger partial charge in [-0.05, 0) is 43.3 Å². The molecule has 24 heavy (non-hydrogen) atoms. The van der Waals surface area contributed by atoms with Crippen LogP contribution in [0.4, 0.5) is 11.4 Å². The van der Waals surface area contributed by atoms with Crippen LogP contribution in [0.25, 0.3) is 0 Å². The Labute approximate surface area is 144 Å². The van der Waals surface area contributed by atoms with Gasteiger partial charge in [-0.3, -0.25) is 14.4 Å². The molecule has 122 valence electrons. The highest BCUT2D eigenvalue weighted by Gasteiger charge is 2.39. The summed E-state index contributed by atoms with van der Waals surface area (Å²) in [5, 5.41) is 3.64. The molecule has 2 aromatic carbocycles. The Bertz CT molecular complexity index is 817. The molecule has 0 unspecified atom stereocenters. The zero-order valence-electron chi connectivity index (χ0n) is 13.0. The van der Waals surface area contributed by atoms with Gasteiger partial charge >= 0.3 is 0 Å². The average molecular weight is 343 g/mol. The summed E-state index contributed by atoms with van der Waals surface area (Å²) in [4.78, 5) is 37.5. The predicted molar refractivity (Wildman–Crippen MR) is 92.4 cm³/mol. The lowest BCUT2D eigenvalue weighted by Gasteiger charge is -2.16. The summed E-state index contributed by atoms with van der Waals surface area (Å²) in [7, 11) is 0. The van der Waals surface area contributed by atoms with E-state index in [4.69, 9.17) is 11.6 Å². The van der Waals surface area contributed by atoms with Gasteiger partial charge in [0.05, 0.1) is 12.1 Å². The predicted octanol–water partition coefficient (Wildman–Crippen LogP) is 3.29. The number of amides is 2. The van der Waals surface area contributed by atoms with Gasteiger partial charge in [-0.1, -0.05) is 23.7 Å². The topological polar surface area (TPSA) is 66.5 Å². The minimum atomic E-state index is -0.639. The van der Waals surface area contributed by atoms with Gasteiger partial charge in [0.1, 0.15) is 6.04 Å². The Morgan fingerprint density at radius 2 is 1.88 bits per heavy atom. The van der Waals surface area contributed by atoms with Gasteiger partial charge in [0.2, 0.25) is 5.91 Å². The second-order valence-electron chi connectivity index (χ2n) is 5.58. The molecule has 6 heteroatoms. The summed E-state index contributed by atoms with van der Waals surface area (Å²) in [5.74, 6) is -0.755. The van der Waals surface area contributed by atoms with Crippen LogP contribution in [0.1, 0.15) is 23.7 Å². The zero-order chi connectivity index (χ0) is 17.3. The first kappa shape index (κ1) is 16.2. The van der Waals surface area contributed by atoms with Crippen molar-refractivity contribution in [3.63, 3.8) is 0 Å². The van der Waals surface area contributed by atoms with Crippen LogP contribution in [0.15, 0.2) is 48.5 Å². The molecule has 1 aliphatic rings. The quantitative estimate of drug-likeness (QED) is 0.684. The van der Waals surface area contributed by atoms with E-state index in [-0.39, 0.29) is 24.0 Å². The van der Waals surface area contributed by atoms with E-state index in [1.165, 1.54) is 6.92 Å². The number of Topliss-reactive ketones (excluding diaryl/α,β-unsaturated/α-hetero) is 1. The fourth-order valence-electron chi connectivity index (χ4n) is 2.63. The lowest BCUT2D eigenvalue weighted by atomic mass is 10.1. The first-order valence-electron chi connectivity index (χ1n) is 7.45. The Morgan fingerprint density at radius 3 is 2.54 bits per heavy atom. The van der Waals surface area contributed by atoms with Crippen LogP contribution in [-0.2, 0) is 9.59 Å². The van der Waals surface area contributed by atoms with Crippen molar-refractivity contribution in [1.29, 1.82) is 0 Å². The van der Waals surface area contributed by atoms with Crippen molar-refractivity contribution in [1.82, 2.24) is 0 Å². The van der Waals surface area contributed by atoms with E-state index in [2.05, 4.69) is 5.32 Å². The molecule has 5 nitrogen and oxygen atoms in total. The second-order valence-corrected chi connectivity index (χ2v) is 6.02. The van der Waals surface area contributed by atoms with Crippen LogP contribution in [0.5, 0.6) is 0 Å². The number of hydrogen-bond donors (Lipinski definition) is 1. The maximum Gasteiger partial charge on any atom is 0.256 e. The lowest BCUT2D eigenvalue weighted by Crippen LogP contribution is -2.34. The molecule has 0 aromatic heterocycles. The number of carbonyl (C=O) groups is 3. The number of hydrogen-bond acceptors (Lipinski definition) is 4. The number of ketones is 1. The molecule has 1 aliphatic heterocycles. The summed E-state index contributed by atoms with van der Waals surface area (Å²) < 4.78 is 0. The van der Waals surface area contributed by atoms with Crippen LogP contribution in [0.3, 0.4) is 0 Å². The molecule has 0 radical (unpaired) electrons. The molecule has 0 spiro atoms. The summed E-state index contributed by atoms with van der Waals surface area (Å²) in [6.45, 7) is 1.44. The van der Waals surface area contributed by atoms with E-state index in [1.807, 2.05) is 0 Å². The van der Waals surface area contributed by atoms with Gasteiger partial charge < -0.3 is 5.32 Å². The number of benzene rings is 2. The smallest absolute Gasteiger partial charge is 0.256 e. The van der Waals surface area contributed by atoms with Crippen LogP contribution in [0.2, 0.25) is 5.02 Å². The first-order valence-corrected chi connectivity index (χ1v) is 7.83. The molecule has 3 rings (SSSR count). The normalized spacial score (nSPS) is 17.2. The SMILES string of the molecule is CC(=O)c1cccc(N2C(=O)C[C@H](Nc3ccc(Cl)cc3)C2=O)c1. The molecule has 0 aliphatic carbocycles. The van der Waals surface area contributed by atoms with Gasteiger partial charge in [-0.2, -0.15) is 0 Å². The van der Waals surface area contributed by atoms with Crippen molar-refractivity contribution in [3.8, 4) is 0 Å². The van der Waals surface area contributed by atoms with E-state index >= 15 is 0 Å². The fourth-order valence-corrected chi connectivity index (χ4v) is 2.75. The van der Waals surface area contributed by atoms with E-state index < -0.39 is 6.04 Å². The lowest BCUT2D eigenvalue weighted by molar-refractivity contribution is -0.121. The number of halogens is 1. The maximum atomic E-state index is 12.6. The summed E-state index contributed by atoms with van der Waals surface area (Å²) in [5.41, 5.74) is 1.59.